The Morgan fingerprint density at radius 1 is 1.14 bits per heavy atom. The van der Waals surface area contributed by atoms with E-state index in [2.05, 4.69) is 15.2 Å². The van der Waals surface area contributed by atoms with Crippen LogP contribution in [0.4, 0.5) is 5.82 Å². The van der Waals surface area contributed by atoms with Gasteiger partial charge in [-0.15, -0.1) is 11.3 Å². The van der Waals surface area contributed by atoms with Crippen molar-refractivity contribution in [2.75, 3.05) is 31.2 Å². The van der Waals surface area contributed by atoms with Crippen molar-refractivity contribution < 1.29 is 9.53 Å². The molecular weight excluding hydrogens is 394 g/mol. The number of thiophene rings is 1. The van der Waals surface area contributed by atoms with Crippen molar-refractivity contribution in [3.8, 4) is 10.4 Å². The highest BCUT2D eigenvalue weighted by molar-refractivity contribution is 7.17. The van der Waals surface area contributed by atoms with Gasteiger partial charge in [0, 0.05) is 35.7 Å². The molecule has 0 aliphatic carbocycles. The standard InChI is InChI=1S/C21H20ClN3O2S/c22-17-3-1-16(2-4-17)18-5-6-19(28-18)21(26)24-14-15-7-8-23-20(13-15)25-9-11-27-12-10-25/h1-8,13H,9-12,14H2,(H,24,26). The topological polar surface area (TPSA) is 54.5 Å². The molecule has 0 unspecified atom stereocenters. The molecule has 28 heavy (non-hydrogen) atoms. The molecule has 5 nitrogen and oxygen atoms in total. The van der Waals surface area contributed by atoms with Crippen LogP contribution in [0.1, 0.15) is 15.2 Å². The predicted molar refractivity (Wildman–Crippen MR) is 113 cm³/mol. The number of carbonyl (C=O) groups is 1. The van der Waals surface area contributed by atoms with Gasteiger partial charge in [0.1, 0.15) is 5.82 Å². The summed E-state index contributed by atoms with van der Waals surface area (Å²) in [6, 6.07) is 15.4. The van der Waals surface area contributed by atoms with Crippen molar-refractivity contribution in [2.45, 2.75) is 6.54 Å². The lowest BCUT2D eigenvalue weighted by Crippen LogP contribution is -2.36. The van der Waals surface area contributed by atoms with Gasteiger partial charge in [-0.25, -0.2) is 4.98 Å². The molecule has 0 bridgehead atoms. The third-order valence-corrected chi connectivity index (χ3v) is 5.94. The van der Waals surface area contributed by atoms with Crippen LogP contribution in [0.15, 0.2) is 54.7 Å². The zero-order valence-corrected chi connectivity index (χ0v) is 16.8. The van der Waals surface area contributed by atoms with E-state index in [1.807, 2.05) is 48.5 Å². The minimum Gasteiger partial charge on any atom is -0.378 e. The fraction of sp³-hybridized carbons (Fsp3) is 0.238. The first kappa shape index (κ1) is 18.9. The smallest absolute Gasteiger partial charge is 0.261 e. The highest BCUT2D eigenvalue weighted by atomic mass is 35.5. The molecule has 0 radical (unpaired) electrons. The number of pyridine rings is 1. The summed E-state index contributed by atoms with van der Waals surface area (Å²) in [5.41, 5.74) is 2.08. The van der Waals surface area contributed by atoms with Crippen LogP contribution >= 0.6 is 22.9 Å². The largest absolute Gasteiger partial charge is 0.378 e. The van der Waals surface area contributed by atoms with Gasteiger partial charge >= 0.3 is 0 Å². The zero-order valence-electron chi connectivity index (χ0n) is 15.2. The highest BCUT2D eigenvalue weighted by Crippen LogP contribution is 2.29. The molecule has 0 spiro atoms. The van der Waals surface area contributed by atoms with E-state index in [9.17, 15) is 4.79 Å². The average Bonchev–Trinajstić information content (AvgIpc) is 3.24. The van der Waals surface area contributed by atoms with Gasteiger partial charge in [0.05, 0.1) is 18.1 Å². The normalized spacial score (nSPS) is 14.1. The third-order valence-electron chi connectivity index (χ3n) is 4.56. The molecule has 144 valence electrons. The predicted octanol–water partition coefficient (Wildman–Crippen LogP) is 4.23. The average molecular weight is 414 g/mol. The number of benzene rings is 1. The van der Waals surface area contributed by atoms with Gasteiger partial charge in [-0.1, -0.05) is 23.7 Å². The fourth-order valence-electron chi connectivity index (χ4n) is 3.03. The van der Waals surface area contributed by atoms with Crippen LogP contribution in [0.3, 0.4) is 0 Å². The lowest BCUT2D eigenvalue weighted by molar-refractivity contribution is 0.0955. The van der Waals surface area contributed by atoms with Crippen LogP contribution < -0.4 is 10.2 Å². The van der Waals surface area contributed by atoms with Crippen molar-refractivity contribution in [1.82, 2.24) is 10.3 Å². The number of amides is 1. The van der Waals surface area contributed by atoms with Crippen LogP contribution in [-0.4, -0.2) is 37.2 Å². The molecule has 2 aromatic heterocycles. The van der Waals surface area contributed by atoms with Gasteiger partial charge in [0.25, 0.3) is 5.91 Å². The molecule has 1 aromatic carbocycles. The summed E-state index contributed by atoms with van der Waals surface area (Å²) in [5, 5.41) is 3.70. The van der Waals surface area contributed by atoms with E-state index in [1.54, 1.807) is 6.20 Å². The Morgan fingerprint density at radius 2 is 1.93 bits per heavy atom. The molecule has 7 heteroatoms. The number of hydrogen-bond acceptors (Lipinski definition) is 5. The van der Waals surface area contributed by atoms with E-state index in [4.69, 9.17) is 16.3 Å². The van der Waals surface area contributed by atoms with Crippen molar-refractivity contribution in [2.24, 2.45) is 0 Å². The maximum absolute atomic E-state index is 12.5. The first-order chi connectivity index (χ1) is 13.7. The fourth-order valence-corrected chi connectivity index (χ4v) is 4.09. The number of nitrogens with one attached hydrogen (secondary N) is 1. The lowest BCUT2D eigenvalue weighted by atomic mass is 10.2. The minimum absolute atomic E-state index is 0.0741. The quantitative estimate of drug-likeness (QED) is 0.680. The summed E-state index contributed by atoms with van der Waals surface area (Å²) in [5.74, 6) is 0.853. The monoisotopic (exact) mass is 413 g/mol. The zero-order chi connectivity index (χ0) is 19.3. The maximum atomic E-state index is 12.5. The number of anilines is 1. The van der Waals surface area contributed by atoms with Crippen molar-refractivity contribution in [3.63, 3.8) is 0 Å². The first-order valence-corrected chi connectivity index (χ1v) is 10.3. The summed E-state index contributed by atoms with van der Waals surface area (Å²) >= 11 is 7.41. The Bertz CT molecular complexity index is 952. The molecule has 1 amide bonds. The number of carbonyl (C=O) groups excluding carboxylic acids is 1. The molecule has 0 atom stereocenters. The van der Waals surface area contributed by atoms with Crippen LogP contribution in [-0.2, 0) is 11.3 Å². The number of morpholine rings is 1. The van der Waals surface area contributed by atoms with Gasteiger partial charge in [-0.3, -0.25) is 4.79 Å². The Morgan fingerprint density at radius 3 is 2.71 bits per heavy atom. The summed E-state index contributed by atoms with van der Waals surface area (Å²) in [4.78, 5) is 20.9. The minimum atomic E-state index is -0.0741. The molecule has 3 heterocycles. The van der Waals surface area contributed by atoms with Crippen LogP contribution in [0.25, 0.3) is 10.4 Å². The molecule has 3 aromatic rings. The van der Waals surface area contributed by atoms with E-state index in [0.717, 1.165) is 48.1 Å². The van der Waals surface area contributed by atoms with Crippen molar-refractivity contribution in [1.29, 1.82) is 0 Å². The van der Waals surface area contributed by atoms with E-state index in [-0.39, 0.29) is 5.91 Å². The number of aromatic nitrogens is 1. The maximum Gasteiger partial charge on any atom is 0.261 e. The van der Waals surface area contributed by atoms with Crippen molar-refractivity contribution in [3.05, 3.63) is 70.2 Å². The molecule has 1 fully saturated rings. The Hall–Kier alpha value is -2.41. The molecule has 1 N–H and O–H groups in total. The van der Waals surface area contributed by atoms with E-state index in [1.165, 1.54) is 11.3 Å². The highest BCUT2D eigenvalue weighted by Gasteiger charge is 2.14. The second-order valence-corrected chi connectivity index (χ2v) is 8.00. The van der Waals surface area contributed by atoms with Gasteiger partial charge in [-0.2, -0.15) is 0 Å². The Balaban J connectivity index is 1.39. The summed E-state index contributed by atoms with van der Waals surface area (Å²) in [7, 11) is 0. The van der Waals surface area contributed by atoms with Crippen molar-refractivity contribution >= 4 is 34.7 Å². The third kappa shape index (κ3) is 4.52. The summed E-state index contributed by atoms with van der Waals surface area (Å²) in [6.07, 6.45) is 1.79. The second-order valence-electron chi connectivity index (χ2n) is 6.48. The molecule has 0 saturated carbocycles. The molecule has 4 rings (SSSR count). The van der Waals surface area contributed by atoms with Crippen LogP contribution in [0.2, 0.25) is 5.02 Å². The van der Waals surface area contributed by atoms with Gasteiger partial charge in [0.2, 0.25) is 0 Å². The van der Waals surface area contributed by atoms with Crippen LogP contribution in [0, 0.1) is 0 Å². The Labute approximate surface area is 172 Å². The number of halogens is 1. The molecule has 1 aliphatic rings. The number of rotatable bonds is 5. The Kier molecular flexibility index (Phi) is 5.90. The van der Waals surface area contributed by atoms with Gasteiger partial charge < -0.3 is 15.0 Å². The van der Waals surface area contributed by atoms with Gasteiger partial charge in [-0.05, 0) is 47.5 Å². The number of ether oxygens (including phenoxy) is 1. The molecule has 1 aliphatic heterocycles. The first-order valence-electron chi connectivity index (χ1n) is 9.11. The second kappa shape index (κ2) is 8.73. The van der Waals surface area contributed by atoms with Gasteiger partial charge in [0.15, 0.2) is 0 Å². The van der Waals surface area contributed by atoms with E-state index >= 15 is 0 Å². The van der Waals surface area contributed by atoms with E-state index < -0.39 is 0 Å². The van der Waals surface area contributed by atoms with E-state index in [0.29, 0.717) is 16.4 Å². The molecular formula is C21H20ClN3O2S. The SMILES string of the molecule is O=C(NCc1ccnc(N2CCOCC2)c1)c1ccc(-c2ccc(Cl)cc2)s1. The number of hydrogen-bond donors (Lipinski definition) is 1. The molecule has 1 saturated heterocycles. The summed E-state index contributed by atoms with van der Waals surface area (Å²) in [6.45, 7) is 3.58. The lowest BCUT2D eigenvalue weighted by Gasteiger charge is -2.28. The number of nitrogens with zero attached hydrogens (tertiary/aromatic N) is 2. The van der Waals surface area contributed by atoms with Crippen LogP contribution in [0.5, 0.6) is 0 Å². The summed E-state index contributed by atoms with van der Waals surface area (Å²) < 4.78 is 5.39.